The molecule has 0 amide bonds. The number of likely N-dealkylation sites (N-methyl/N-ethyl adjacent to an activating group) is 1. The summed E-state index contributed by atoms with van der Waals surface area (Å²) in [5.74, 6) is 0.304. The molecule has 0 N–H and O–H groups in total. The van der Waals surface area contributed by atoms with E-state index < -0.39 is 10.0 Å². The second-order valence-electron chi connectivity index (χ2n) is 5.31. The van der Waals surface area contributed by atoms with Gasteiger partial charge < -0.3 is 9.42 Å². The van der Waals surface area contributed by atoms with Gasteiger partial charge in [0.25, 0.3) is 0 Å². The van der Waals surface area contributed by atoms with E-state index in [-0.39, 0.29) is 5.75 Å². The highest BCUT2D eigenvalue weighted by atomic mass is 32.2. The Kier molecular flexibility index (Phi) is 4.27. The van der Waals surface area contributed by atoms with Crippen LogP contribution in [0.5, 0.6) is 0 Å². The van der Waals surface area contributed by atoms with Crippen molar-refractivity contribution in [2.45, 2.75) is 31.6 Å². The minimum absolute atomic E-state index is 0.103. The van der Waals surface area contributed by atoms with Gasteiger partial charge >= 0.3 is 0 Å². The topological polar surface area (TPSA) is 66.7 Å². The number of hydrogen-bond acceptors (Lipinski definition) is 5. The maximum absolute atomic E-state index is 12.4. The van der Waals surface area contributed by atoms with Crippen molar-refractivity contribution in [3.05, 3.63) is 17.5 Å². The molecule has 1 aromatic rings. The van der Waals surface area contributed by atoms with Gasteiger partial charge in [0.1, 0.15) is 5.75 Å². The molecule has 0 bridgehead atoms. The van der Waals surface area contributed by atoms with Crippen LogP contribution in [0.4, 0.5) is 0 Å². The van der Waals surface area contributed by atoms with Crippen LogP contribution in [-0.2, 0) is 15.8 Å². The van der Waals surface area contributed by atoms with Crippen molar-refractivity contribution >= 4 is 10.0 Å². The summed E-state index contributed by atoms with van der Waals surface area (Å²) in [6, 6.07) is 1.96. The highest BCUT2D eigenvalue weighted by molar-refractivity contribution is 7.88. The molecule has 19 heavy (non-hydrogen) atoms. The molecule has 0 aliphatic carbocycles. The van der Waals surface area contributed by atoms with Gasteiger partial charge in [-0.15, -0.1) is 0 Å². The van der Waals surface area contributed by atoms with Gasteiger partial charge in [0.15, 0.2) is 5.76 Å². The van der Waals surface area contributed by atoms with E-state index in [9.17, 15) is 8.42 Å². The first-order chi connectivity index (χ1) is 8.88. The van der Waals surface area contributed by atoms with E-state index in [0.29, 0.717) is 30.6 Å². The van der Waals surface area contributed by atoms with Crippen molar-refractivity contribution in [3.63, 3.8) is 0 Å². The molecule has 1 unspecified atom stereocenters. The fourth-order valence-corrected chi connectivity index (χ4v) is 3.84. The van der Waals surface area contributed by atoms with Gasteiger partial charge in [-0.05, 0) is 33.9 Å². The molecule has 1 saturated heterocycles. The van der Waals surface area contributed by atoms with Crippen LogP contribution in [0.2, 0.25) is 0 Å². The third-order valence-electron chi connectivity index (χ3n) is 3.48. The van der Waals surface area contributed by atoms with Crippen LogP contribution in [0, 0.1) is 6.92 Å². The average Bonchev–Trinajstić information content (AvgIpc) is 2.74. The standard InChI is InChI=1S/C12H21N3O3S/c1-10-7-12(18-13-10)9-19(16,17)15-6-4-5-11(8-15)14(2)3/h7,11H,4-6,8-9H2,1-3H3. The molecule has 6 nitrogen and oxygen atoms in total. The summed E-state index contributed by atoms with van der Waals surface area (Å²) < 4.78 is 31.3. The minimum atomic E-state index is -3.32. The molecule has 1 aromatic heterocycles. The van der Waals surface area contributed by atoms with E-state index in [0.717, 1.165) is 12.8 Å². The molecule has 2 heterocycles. The second kappa shape index (κ2) is 5.60. The first kappa shape index (κ1) is 14.5. The maximum atomic E-state index is 12.4. The first-order valence-electron chi connectivity index (χ1n) is 6.45. The molecule has 2 rings (SSSR count). The summed E-state index contributed by atoms with van der Waals surface area (Å²) in [4.78, 5) is 2.08. The maximum Gasteiger partial charge on any atom is 0.221 e. The Labute approximate surface area is 114 Å². The lowest BCUT2D eigenvalue weighted by atomic mass is 10.1. The summed E-state index contributed by atoms with van der Waals surface area (Å²) in [6.07, 6.45) is 1.94. The third kappa shape index (κ3) is 3.55. The lowest BCUT2D eigenvalue weighted by Crippen LogP contribution is -2.47. The molecule has 7 heteroatoms. The molecular weight excluding hydrogens is 266 g/mol. The highest BCUT2D eigenvalue weighted by Gasteiger charge is 2.30. The zero-order valence-electron chi connectivity index (χ0n) is 11.7. The van der Waals surface area contributed by atoms with Gasteiger partial charge in [-0.1, -0.05) is 5.16 Å². The second-order valence-corrected chi connectivity index (χ2v) is 7.28. The van der Waals surface area contributed by atoms with Crippen LogP contribution in [0.1, 0.15) is 24.3 Å². The lowest BCUT2D eigenvalue weighted by molar-refractivity contribution is 0.190. The summed E-state index contributed by atoms with van der Waals surface area (Å²) in [6.45, 7) is 2.94. The Balaban J connectivity index is 2.06. The summed E-state index contributed by atoms with van der Waals surface area (Å²) >= 11 is 0. The Bertz CT molecular complexity index is 524. The number of nitrogens with zero attached hydrogens (tertiary/aromatic N) is 3. The van der Waals surface area contributed by atoms with Gasteiger partial charge in [0, 0.05) is 25.2 Å². The fraction of sp³-hybridized carbons (Fsp3) is 0.750. The van der Waals surface area contributed by atoms with E-state index in [1.54, 1.807) is 17.3 Å². The molecule has 1 atom stereocenters. The van der Waals surface area contributed by atoms with Crippen molar-refractivity contribution in [1.29, 1.82) is 0 Å². The minimum Gasteiger partial charge on any atom is -0.360 e. The third-order valence-corrected chi connectivity index (χ3v) is 5.25. The predicted molar refractivity (Wildman–Crippen MR) is 72.1 cm³/mol. The zero-order chi connectivity index (χ0) is 14.0. The quantitative estimate of drug-likeness (QED) is 0.821. The number of sulfonamides is 1. The molecule has 0 radical (unpaired) electrons. The first-order valence-corrected chi connectivity index (χ1v) is 8.06. The van der Waals surface area contributed by atoms with Crippen LogP contribution in [0.15, 0.2) is 10.6 Å². The molecule has 1 aliphatic heterocycles. The van der Waals surface area contributed by atoms with E-state index in [2.05, 4.69) is 10.1 Å². The van der Waals surface area contributed by atoms with Crippen molar-refractivity contribution in [1.82, 2.24) is 14.4 Å². The number of hydrogen-bond donors (Lipinski definition) is 0. The highest BCUT2D eigenvalue weighted by Crippen LogP contribution is 2.19. The smallest absolute Gasteiger partial charge is 0.221 e. The van der Waals surface area contributed by atoms with Gasteiger partial charge in [-0.3, -0.25) is 0 Å². The molecule has 0 spiro atoms. The van der Waals surface area contributed by atoms with Crippen molar-refractivity contribution < 1.29 is 12.9 Å². The number of aryl methyl sites for hydroxylation is 1. The van der Waals surface area contributed by atoms with Crippen molar-refractivity contribution in [2.75, 3.05) is 27.2 Å². The van der Waals surface area contributed by atoms with Crippen LogP contribution in [-0.4, -0.2) is 56.0 Å². The van der Waals surface area contributed by atoms with Crippen molar-refractivity contribution in [2.24, 2.45) is 0 Å². The molecule has 1 aliphatic rings. The van der Waals surface area contributed by atoms with Gasteiger partial charge in [0.05, 0.1) is 5.69 Å². The number of piperidine rings is 1. The van der Waals surface area contributed by atoms with Crippen LogP contribution < -0.4 is 0 Å². The average molecular weight is 287 g/mol. The van der Waals surface area contributed by atoms with Gasteiger partial charge in [-0.25, -0.2) is 8.42 Å². The largest absolute Gasteiger partial charge is 0.360 e. The van der Waals surface area contributed by atoms with Crippen molar-refractivity contribution in [3.8, 4) is 0 Å². The van der Waals surface area contributed by atoms with Gasteiger partial charge in [0.2, 0.25) is 10.0 Å². The SMILES string of the molecule is Cc1cc(CS(=O)(=O)N2CCCC(N(C)C)C2)on1. The van der Waals surface area contributed by atoms with E-state index in [1.807, 2.05) is 14.1 Å². The Morgan fingerprint density at radius 1 is 1.53 bits per heavy atom. The summed E-state index contributed by atoms with van der Waals surface area (Å²) in [7, 11) is 0.657. The molecular formula is C12H21N3O3S. The predicted octanol–water partition coefficient (Wildman–Crippen LogP) is 0.839. The monoisotopic (exact) mass is 287 g/mol. The zero-order valence-corrected chi connectivity index (χ0v) is 12.5. The number of rotatable bonds is 4. The summed E-state index contributed by atoms with van der Waals surface area (Å²) in [5, 5.41) is 3.72. The molecule has 108 valence electrons. The van der Waals surface area contributed by atoms with Crippen LogP contribution >= 0.6 is 0 Å². The summed E-state index contributed by atoms with van der Waals surface area (Å²) in [5.41, 5.74) is 0.704. The Hall–Kier alpha value is -0.920. The Morgan fingerprint density at radius 2 is 2.26 bits per heavy atom. The van der Waals surface area contributed by atoms with E-state index in [4.69, 9.17) is 4.52 Å². The number of aromatic nitrogens is 1. The molecule has 0 saturated carbocycles. The van der Waals surface area contributed by atoms with Gasteiger partial charge in [-0.2, -0.15) is 4.31 Å². The molecule has 1 fully saturated rings. The van der Waals surface area contributed by atoms with Crippen LogP contribution in [0.3, 0.4) is 0 Å². The Morgan fingerprint density at radius 3 is 2.84 bits per heavy atom. The molecule has 0 aromatic carbocycles. The fourth-order valence-electron chi connectivity index (χ4n) is 2.35. The normalized spacial score (nSPS) is 22.0. The van der Waals surface area contributed by atoms with E-state index >= 15 is 0 Å². The van der Waals surface area contributed by atoms with E-state index in [1.165, 1.54) is 0 Å². The lowest BCUT2D eigenvalue weighted by Gasteiger charge is -2.35. The van der Waals surface area contributed by atoms with Crippen LogP contribution in [0.25, 0.3) is 0 Å².